The Balaban J connectivity index is 1.95. The second kappa shape index (κ2) is 7.33. The number of amides is 1. The summed E-state index contributed by atoms with van der Waals surface area (Å²) in [6.45, 7) is -0.623. The number of hydrogen-bond donors (Lipinski definition) is 2. The van der Waals surface area contributed by atoms with Gasteiger partial charge in [-0.1, -0.05) is 11.6 Å². The van der Waals surface area contributed by atoms with Crippen LogP contribution in [0.3, 0.4) is 0 Å². The molecule has 0 fully saturated rings. The first-order valence-corrected chi connectivity index (χ1v) is 6.73. The number of anilines is 2. The summed E-state index contributed by atoms with van der Waals surface area (Å²) in [7, 11) is 0. The first-order valence-electron chi connectivity index (χ1n) is 6.36. The van der Waals surface area contributed by atoms with Crippen LogP contribution in [0.5, 0.6) is 0 Å². The number of benzene rings is 1. The molecule has 0 aliphatic heterocycles. The lowest BCUT2D eigenvalue weighted by Crippen LogP contribution is -2.22. The predicted molar refractivity (Wildman–Crippen MR) is 83.5 cm³/mol. The van der Waals surface area contributed by atoms with Crippen LogP contribution in [-0.4, -0.2) is 33.4 Å². The van der Waals surface area contributed by atoms with Crippen LogP contribution >= 0.6 is 11.6 Å². The van der Waals surface area contributed by atoms with Crippen LogP contribution in [0.25, 0.3) is 0 Å². The molecule has 3 N–H and O–H groups in total. The number of nitro benzene ring substituents is 1. The highest BCUT2D eigenvalue weighted by molar-refractivity contribution is 6.34. The first-order chi connectivity index (χ1) is 11.4. The smallest absolute Gasteiger partial charge is 0.361 e. The fraction of sp³-hybridized carbons (Fsp3) is 0.0769. The highest BCUT2D eigenvalue weighted by atomic mass is 35.5. The van der Waals surface area contributed by atoms with E-state index in [4.69, 9.17) is 22.1 Å². The van der Waals surface area contributed by atoms with Crippen molar-refractivity contribution in [1.82, 2.24) is 9.97 Å². The zero-order valence-corrected chi connectivity index (χ0v) is 12.7. The number of nitrogens with zero attached hydrogens (tertiary/aromatic N) is 3. The zero-order valence-electron chi connectivity index (χ0n) is 11.9. The van der Waals surface area contributed by atoms with Gasteiger partial charge in [0.15, 0.2) is 18.1 Å². The first kappa shape index (κ1) is 17.1. The molecule has 0 saturated heterocycles. The summed E-state index contributed by atoms with van der Waals surface area (Å²) < 4.78 is 4.76. The molecule has 1 heterocycles. The number of carbonyl (C=O) groups is 2. The Hall–Kier alpha value is -3.27. The quantitative estimate of drug-likeness (QED) is 0.466. The third-order valence-electron chi connectivity index (χ3n) is 2.69. The van der Waals surface area contributed by atoms with E-state index >= 15 is 0 Å². The van der Waals surface area contributed by atoms with Gasteiger partial charge in [0.25, 0.3) is 11.6 Å². The summed E-state index contributed by atoms with van der Waals surface area (Å²) in [5, 5.41) is 12.9. The van der Waals surface area contributed by atoms with Crippen LogP contribution < -0.4 is 11.1 Å². The Bertz CT molecular complexity index is 813. The number of rotatable bonds is 5. The monoisotopic (exact) mass is 351 g/mol. The van der Waals surface area contributed by atoms with Gasteiger partial charge in [-0.2, -0.15) is 0 Å². The number of nitrogen functional groups attached to an aromatic ring is 1. The average Bonchev–Trinajstić information content (AvgIpc) is 2.54. The highest BCUT2D eigenvalue weighted by Crippen LogP contribution is 2.26. The van der Waals surface area contributed by atoms with Gasteiger partial charge < -0.3 is 15.8 Å². The van der Waals surface area contributed by atoms with E-state index in [1.807, 2.05) is 0 Å². The van der Waals surface area contributed by atoms with Crippen LogP contribution in [-0.2, 0) is 9.53 Å². The van der Waals surface area contributed by atoms with E-state index in [2.05, 4.69) is 15.3 Å². The number of ether oxygens (including phenoxy) is 1. The lowest BCUT2D eigenvalue weighted by atomic mass is 10.3. The van der Waals surface area contributed by atoms with Crippen LogP contribution in [0, 0.1) is 10.1 Å². The lowest BCUT2D eigenvalue weighted by molar-refractivity contribution is -0.384. The standard InChI is InChI=1S/C13H10ClN5O5/c14-8-5-7(19(22)23)1-2-9(8)18-10(20)6-24-13(21)11-12(15)17-4-3-16-11/h1-5H,6H2,(H2,15,17)(H,18,20). The molecule has 2 rings (SSSR count). The van der Waals surface area contributed by atoms with Gasteiger partial charge in [0.1, 0.15) is 0 Å². The van der Waals surface area contributed by atoms with E-state index in [1.165, 1.54) is 24.5 Å². The fourth-order valence-electron chi connectivity index (χ4n) is 1.61. The molecule has 0 spiro atoms. The molecule has 1 aromatic heterocycles. The van der Waals surface area contributed by atoms with Gasteiger partial charge in [-0.3, -0.25) is 14.9 Å². The van der Waals surface area contributed by atoms with E-state index in [0.717, 1.165) is 6.07 Å². The number of carbonyl (C=O) groups excluding carboxylic acids is 2. The minimum atomic E-state index is -0.912. The summed E-state index contributed by atoms with van der Waals surface area (Å²) in [5.74, 6) is -1.73. The third-order valence-corrected chi connectivity index (χ3v) is 3.00. The largest absolute Gasteiger partial charge is 0.451 e. The topological polar surface area (TPSA) is 150 Å². The highest BCUT2D eigenvalue weighted by Gasteiger charge is 2.16. The number of esters is 1. The molecule has 0 bridgehead atoms. The zero-order chi connectivity index (χ0) is 17.7. The molecule has 1 amide bonds. The molecule has 1 aromatic carbocycles. The minimum absolute atomic E-state index is 0.0259. The van der Waals surface area contributed by atoms with Gasteiger partial charge in [0.05, 0.1) is 15.6 Å². The van der Waals surface area contributed by atoms with Crippen LogP contribution in [0.1, 0.15) is 10.5 Å². The van der Waals surface area contributed by atoms with E-state index in [9.17, 15) is 19.7 Å². The van der Waals surface area contributed by atoms with Gasteiger partial charge in [-0.05, 0) is 6.07 Å². The molecule has 24 heavy (non-hydrogen) atoms. The molecule has 10 nitrogen and oxygen atoms in total. The summed E-state index contributed by atoms with van der Waals surface area (Å²) in [6.07, 6.45) is 2.55. The van der Waals surface area contributed by atoms with E-state index in [1.54, 1.807) is 0 Å². The molecule has 11 heteroatoms. The minimum Gasteiger partial charge on any atom is -0.451 e. The molecular formula is C13H10ClN5O5. The number of nitrogens with one attached hydrogen (secondary N) is 1. The molecule has 0 saturated carbocycles. The average molecular weight is 352 g/mol. The Morgan fingerprint density at radius 1 is 1.33 bits per heavy atom. The van der Waals surface area contributed by atoms with Crippen molar-refractivity contribution in [2.45, 2.75) is 0 Å². The Morgan fingerprint density at radius 2 is 2.04 bits per heavy atom. The number of non-ortho nitro benzene ring substituents is 1. The van der Waals surface area contributed by atoms with Crippen molar-refractivity contribution in [3.8, 4) is 0 Å². The van der Waals surface area contributed by atoms with Crippen molar-refractivity contribution in [1.29, 1.82) is 0 Å². The molecule has 0 atom stereocenters. The van der Waals surface area contributed by atoms with E-state index in [0.29, 0.717) is 0 Å². The normalized spacial score (nSPS) is 10.0. The Morgan fingerprint density at radius 3 is 2.67 bits per heavy atom. The third kappa shape index (κ3) is 4.14. The van der Waals surface area contributed by atoms with E-state index in [-0.39, 0.29) is 27.9 Å². The molecule has 0 aliphatic rings. The van der Waals surface area contributed by atoms with Crippen molar-refractivity contribution in [3.05, 3.63) is 51.4 Å². The summed E-state index contributed by atoms with van der Waals surface area (Å²) in [5.41, 5.74) is 5.17. The van der Waals surface area contributed by atoms with Crippen molar-refractivity contribution in [2.75, 3.05) is 17.7 Å². The van der Waals surface area contributed by atoms with Gasteiger partial charge in [-0.15, -0.1) is 0 Å². The van der Waals surface area contributed by atoms with Gasteiger partial charge in [0, 0.05) is 24.5 Å². The van der Waals surface area contributed by atoms with Crippen molar-refractivity contribution in [2.24, 2.45) is 0 Å². The Kier molecular flexibility index (Phi) is 5.22. The number of aromatic nitrogens is 2. The maximum atomic E-state index is 11.8. The second-order valence-corrected chi connectivity index (χ2v) is 4.74. The van der Waals surface area contributed by atoms with Crippen molar-refractivity contribution < 1.29 is 19.2 Å². The van der Waals surface area contributed by atoms with Crippen LogP contribution in [0.15, 0.2) is 30.6 Å². The maximum absolute atomic E-state index is 11.8. The van der Waals surface area contributed by atoms with E-state index < -0.39 is 23.4 Å². The van der Waals surface area contributed by atoms with Gasteiger partial charge in [-0.25, -0.2) is 14.8 Å². The summed E-state index contributed by atoms with van der Waals surface area (Å²) >= 11 is 5.84. The fourth-order valence-corrected chi connectivity index (χ4v) is 1.83. The number of halogens is 1. The predicted octanol–water partition coefficient (Wildman–Crippen LogP) is 1.42. The number of nitro groups is 1. The summed E-state index contributed by atoms with van der Waals surface area (Å²) in [6, 6.07) is 3.53. The van der Waals surface area contributed by atoms with Gasteiger partial charge >= 0.3 is 5.97 Å². The van der Waals surface area contributed by atoms with Gasteiger partial charge in [0.2, 0.25) is 0 Å². The molecule has 0 unspecified atom stereocenters. The molecule has 124 valence electrons. The second-order valence-electron chi connectivity index (χ2n) is 4.34. The SMILES string of the molecule is Nc1nccnc1C(=O)OCC(=O)Nc1ccc([N+](=O)[O-])cc1Cl. The summed E-state index contributed by atoms with van der Waals surface area (Å²) in [4.78, 5) is 40.8. The molecule has 2 aromatic rings. The van der Waals surface area contributed by atoms with Crippen molar-refractivity contribution in [3.63, 3.8) is 0 Å². The van der Waals surface area contributed by atoms with Crippen LogP contribution in [0.4, 0.5) is 17.2 Å². The molecular weight excluding hydrogens is 342 g/mol. The number of nitrogens with two attached hydrogens (primary N) is 1. The lowest BCUT2D eigenvalue weighted by Gasteiger charge is -2.08. The molecule has 0 aliphatic carbocycles. The maximum Gasteiger partial charge on any atom is 0.361 e. The Labute approximate surface area is 139 Å². The van der Waals surface area contributed by atoms with Crippen LogP contribution in [0.2, 0.25) is 5.02 Å². The number of hydrogen-bond acceptors (Lipinski definition) is 8. The molecule has 0 radical (unpaired) electrons. The van der Waals surface area contributed by atoms with Crippen molar-refractivity contribution >= 4 is 40.7 Å².